The summed E-state index contributed by atoms with van der Waals surface area (Å²) in [5, 5.41) is 17.1. The van der Waals surface area contributed by atoms with Crippen molar-refractivity contribution in [3.05, 3.63) is 0 Å². The number of rotatable bonds is 4. The van der Waals surface area contributed by atoms with E-state index in [0.29, 0.717) is 25.8 Å². The molecule has 2 aliphatic rings. The molecule has 2 fully saturated rings. The molecule has 0 aromatic rings. The highest BCUT2D eigenvalue weighted by Crippen LogP contribution is 2.19. The van der Waals surface area contributed by atoms with Crippen LogP contribution in [0.15, 0.2) is 0 Å². The summed E-state index contributed by atoms with van der Waals surface area (Å²) in [7, 11) is 0. The maximum Gasteiger partial charge on any atom is 0.0815 e. The van der Waals surface area contributed by atoms with Crippen LogP contribution in [-0.2, 0) is 4.74 Å². The summed E-state index contributed by atoms with van der Waals surface area (Å²) >= 11 is 0. The average molecular weight is 228 g/mol. The topological polar surface area (TPSA) is 53.5 Å². The standard InChI is InChI=1S/C12H24N2O2/c15-12(4-7-16-8-5-12)10-13-9-11-3-1-2-6-14-11/h11,13-15H,1-10H2. The van der Waals surface area contributed by atoms with Crippen LogP contribution in [0, 0.1) is 0 Å². The highest BCUT2D eigenvalue weighted by Gasteiger charge is 2.29. The molecular formula is C12H24N2O2. The van der Waals surface area contributed by atoms with Gasteiger partial charge in [-0.15, -0.1) is 0 Å². The zero-order valence-corrected chi connectivity index (χ0v) is 10.0. The number of aliphatic hydroxyl groups is 1. The molecule has 94 valence electrons. The van der Waals surface area contributed by atoms with Gasteiger partial charge in [0.05, 0.1) is 5.60 Å². The second-order valence-electron chi connectivity index (χ2n) is 5.11. The van der Waals surface area contributed by atoms with E-state index in [0.717, 1.165) is 25.9 Å². The molecule has 3 N–H and O–H groups in total. The van der Waals surface area contributed by atoms with Crippen molar-refractivity contribution in [2.75, 3.05) is 32.8 Å². The monoisotopic (exact) mass is 228 g/mol. The Kier molecular flexibility index (Phi) is 4.58. The van der Waals surface area contributed by atoms with E-state index in [4.69, 9.17) is 4.74 Å². The molecule has 0 aliphatic carbocycles. The van der Waals surface area contributed by atoms with Crippen molar-refractivity contribution >= 4 is 0 Å². The van der Waals surface area contributed by atoms with Gasteiger partial charge in [-0.1, -0.05) is 6.42 Å². The van der Waals surface area contributed by atoms with Gasteiger partial charge in [0.1, 0.15) is 0 Å². The van der Waals surface area contributed by atoms with Crippen molar-refractivity contribution < 1.29 is 9.84 Å². The van der Waals surface area contributed by atoms with Gasteiger partial charge in [-0.05, 0) is 19.4 Å². The fraction of sp³-hybridized carbons (Fsp3) is 1.00. The van der Waals surface area contributed by atoms with Gasteiger partial charge in [-0.25, -0.2) is 0 Å². The lowest BCUT2D eigenvalue weighted by molar-refractivity contribution is -0.0616. The lowest BCUT2D eigenvalue weighted by atomic mass is 9.94. The largest absolute Gasteiger partial charge is 0.388 e. The highest BCUT2D eigenvalue weighted by molar-refractivity contribution is 4.84. The van der Waals surface area contributed by atoms with Crippen molar-refractivity contribution in [1.82, 2.24) is 10.6 Å². The molecule has 4 nitrogen and oxygen atoms in total. The molecule has 0 spiro atoms. The lowest BCUT2D eigenvalue weighted by Crippen LogP contribution is -2.49. The molecule has 1 atom stereocenters. The smallest absolute Gasteiger partial charge is 0.0815 e. The van der Waals surface area contributed by atoms with Crippen LogP contribution in [0.3, 0.4) is 0 Å². The minimum absolute atomic E-state index is 0.535. The summed E-state index contributed by atoms with van der Waals surface area (Å²) in [4.78, 5) is 0. The van der Waals surface area contributed by atoms with Gasteiger partial charge in [0, 0.05) is 45.2 Å². The van der Waals surface area contributed by atoms with Crippen LogP contribution >= 0.6 is 0 Å². The Balaban J connectivity index is 1.62. The second kappa shape index (κ2) is 5.96. The molecule has 1 unspecified atom stereocenters. The summed E-state index contributed by atoms with van der Waals surface area (Å²) in [6.45, 7) is 4.21. The van der Waals surface area contributed by atoms with E-state index in [9.17, 15) is 5.11 Å². The summed E-state index contributed by atoms with van der Waals surface area (Å²) in [6.07, 6.45) is 5.42. The van der Waals surface area contributed by atoms with Crippen molar-refractivity contribution in [2.24, 2.45) is 0 Å². The fourth-order valence-electron chi connectivity index (χ4n) is 2.51. The predicted octanol–water partition coefficient (Wildman–Crippen LogP) is 0.260. The molecular weight excluding hydrogens is 204 g/mol. The molecule has 2 rings (SSSR count). The van der Waals surface area contributed by atoms with Crippen molar-refractivity contribution in [3.8, 4) is 0 Å². The van der Waals surface area contributed by atoms with Crippen molar-refractivity contribution in [3.63, 3.8) is 0 Å². The van der Waals surface area contributed by atoms with Gasteiger partial charge < -0.3 is 20.5 Å². The van der Waals surface area contributed by atoms with E-state index in [-0.39, 0.29) is 0 Å². The second-order valence-corrected chi connectivity index (χ2v) is 5.11. The van der Waals surface area contributed by atoms with Gasteiger partial charge in [-0.2, -0.15) is 0 Å². The summed E-state index contributed by atoms with van der Waals surface area (Å²) < 4.78 is 5.26. The average Bonchev–Trinajstić information content (AvgIpc) is 2.31. The molecule has 2 aliphatic heterocycles. The molecule has 2 saturated heterocycles. The third kappa shape index (κ3) is 3.70. The number of hydrogen-bond acceptors (Lipinski definition) is 4. The summed E-state index contributed by atoms with van der Waals surface area (Å²) in [5.74, 6) is 0. The van der Waals surface area contributed by atoms with Gasteiger partial charge in [0.2, 0.25) is 0 Å². The van der Waals surface area contributed by atoms with E-state index >= 15 is 0 Å². The first-order valence-corrected chi connectivity index (χ1v) is 6.53. The molecule has 2 heterocycles. The molecule has 0 radical (unpaired) electrons. The number of nitrogens with one attached hydrogen (secondary N) is 2. The minimum Gasteiger partial charge on any atom is -0.388 e. The molecule has 0 aromatic heterocycles. The summed E-state index contributed by atoms with van der Waals surface area (Å²) in [6, 6.07) is 0.595. The number of ether oxygens (including phenoxy) is 1. The maximum atomic E-state index is 10.2. The third-order valence-electron chi connectivity index (χ3n) is 3.68. The Morgan fingerprint density at radius 2 is 2.12 bits per heavy atom. The van der Waals surface area contributed by atoms with E-state index < -0.39 is 5.60 Å². The zero-order valence-electron chi connectivity index (χ0n) is 10.0. The Hall–Kier alpha value is -0.160. The Morgan fingerprint density at radius 3 is 2.81 bits per heavy atom. The Labute approximate surface area is 97.7 Å². The predicted molar refractivity (Wildman–Crippen MR) is 63.5 cm³/mol. The van der Waals surface area contributed by atoms with Gasteiger partial charge in [0.15, 0.2) is 0 Å². The van der Waals surface area contributed by atoms with E-state index in [2.05, 4.69) is 10.6 Å². The van der Waals surface area contributed by atoms with Crippen molar-refractivity contribution in [1.29, 1.82) is 0 Å². The molecule has 4 heteroatoms. The van der Waals surface area contributed by atoms with Crippen LogP contribution in [0.5, 0.6) is 0 Å². The number of hydrogen-bond donors (Lipinski definition) is 3. The van der Waals surface area contributed by atoms with Crippen LogP contribution in [0.25, 0.3) is 0 Å². The van der Waals surface area contributed by atoms with Gasteiger partial charge in [0.25, 0.3) is 0 Å². The lowest BCUT2D eigenvalue weighted by Gasteiger charge is -2.33. The van der Waals surface area contributed by atoms with Crippen LogP contribution < -0.4 is 10.6 Å². The third-order valence-corrected chi connectivity index (χ3v) is 3.68. The van der Waals surface area contributed by atoms with Crippen LogP contribution in [0.1, 0.15) is 32.1 Å². The SMILES string of the molecule is OC1(CNCC2CCCCN2)CCOCC1. The zero-order chi connectivity index (χ0) is 11.3. The van der Waals surface area contributed by atoms with Crippen LogP contribution in [0.4, 0.5) is 0 Å². The molecule has 0 bridgehead atoms. The first-order valence-electron chi connectivity index (χ1n) is 6.53. The summed E-state index contributed by atoms with van der Waals surface area (Å²) in [5.41, 5.74) is -0.535. The minimum atomic E-state index is -0.535. The maximum absolute atomic E-state index is 10.2. The first-order chi connectivity index (χ1) is 7.79. The van der Waals surface area contributed by atoms with Crippen LogP contribution in [0.2, 0.25) is 0 Å². The highest BCUT2D eigenvalue weighted by atomic mass is 16.5. The molecule has 16 heavy (non-hydrogen) atoms. The Morgan fingerprint density at radius 1 is 1.31 bits per heavy atom. The van der Waals surface area contributed by atoms with Gasteiger partial charge in [-0.3, -0.25) is 0 Å². The van der Waals surface area contributed by atoms with E-state index in [1.54, 1.807) is 0 Å². The number of piperidine rings is 1. The van der Waals surface area contributed by atoms with Crippen molar-refractivity contribution in [2.45, 2.75) is 43.7 Å². The molecule has 0 aromatic carbocycles. The van der Waals surface area contributed by atoms with Gasteiger partial charge >= 0.3 is 0 Å². The quantitative estimate of drug-likeness (QED) is 0.646. The first kappa shape index (κ1) is 12.3. The van der Waals surface area contributed by atoms with E-state index in [1.807, 2.05) is 0 Å². The normalized spacial score (nSPS) is 30.2. The van der Waals surface area contributed by atoms with Crippen LogP contribution in [-0.4, -0.2) is 49.6 Å². The Bertz CT molecular complexity index is 199. The molecule has 0 amide bonds. The fourth-order valence-corrected chi connectivity index (χ4v) is 2.51. The molecule has 0 saturated carbocycles. The van der Waals surface area contributed by atoms with E-state index in [1.165, 1.54) is 19.3 Å².